The van der Waals surface area contributed by atoms with E-state index in [0.717, 1.165) is 19.5 Å². The highest BCUT2D eigenvalue weighted by atomic mass is 16.4. The minimum Gasteiger partial charge on any atom is -0.389 e. The molecular formula is C10H22N2O3. The fourth-order valence-corrected chi connectivity index (χ4v) is 1.87. The normalized spacial score (nSPS) is 30.0. The van der Waals surface area contributed by atoms with Crippen LogP contribution >= 0.6 is 0 Å². The Kier molecular flexibility index (Phi) is 4.95. The van der Waals surface area contributed by atoms with Gasteiger partial charge in [0.05, 0.1) is 12.2 Å². The summed E-state index contributed by atoms with van der Waals surface area (Å²) in [6.07, 6.45) is -1.64. The first-order chi connectivity index (χ1) is 7.00. The molecule has 0 saturated carbocycles. The van der Waals surface area contributed by atoms with Gasteiger partial charge in [-0.2, -0.15) is 0 Å². The molecule has 0 aliphatic carbocycles. The first-order valence-corrected chi connectivity index (χ1v) is 5.42. The van der Waals surface area contributed by atoms with E-state index in [1.165, 1.54) is 0 Å². The van der Waals surface area contributed by atoms with Gasteiger partial charge in [-0.15, -0.1) is 0 Å². The van der Waals surface area contributed by atoms with E-state index < -0.39 is 18.3 Å². The number of aliphatic hydroxyl groups excluding tert-OH is 3. The molecule has 90 valence electrons. The lowest BCUT2D eigenvalue weighted by Gasteiger charge is -2.36. The van der Waals surface area contributed by atoms with Gasteiger partial charge in [-0.3, -0.25) is 4.90 Å². The van der Waals surface area contributed by atoms with E-state index in [9.17, 15) is 15.3 Å². The molecule has 0 unspecified atom stereocenters. The first-order valence-electron chi connectivity index (χ1n) is 5.42. The van der Waals surface area contributed by atoms with E-state index in [1.54, 1.807) is 0 Å². The smallest absolute Gasteiger partial charge is 0.108 e. The molecule has 0 spiro atoms. The number of β-amino-alcohol motifs (C(OH)–C–C–N with tert-alkyl or cyclic N) is 2. The number of aliphatic hydroxyl groups is 3. The fraction of sp³-hybridized carbons (Fsp3) is 1.00. The van der Waals surface area contributed by atoms with E-state index in [4.69, 9.17) is 0 Å². The standard InChI is InChI=1S/C10H22N2O3/c1-11(2)4-3-5-12-6-8(13)10(15)9(14)7-12/h8-10,13-15H,3-7H2,1-2H3/t8-,9-/m1/s1. The highest BCUT2D eigenvalue weighted by Gasteiger charge is 2.32. The van der Waals surface area contributed by atoms with Gasteiger partial charge >= 0.3 is 0 Å². The molecule has 0 radical (unpaired) electrons. The summed E-state index contributed by atoms with van der Waals surface area (Å²) >= 11 is 0. The van der Waals surface area contributed by atoms with Crippen molar-refractivity contribution in [1.29, 1.82) is 0 Å². The zero-order chi connectivity index (χ0) is 11.4. The summed E-state index contributed by atoms with van der Waals surface area (Å²) in [5.74, 6) is 0. The zero-order valence-electron chi connectivity index (χ0n) is 9.50. The number of hydrogen-bond acceptors (Lipinski definition) is 5. The molecule has 1 heterocycles. The van der Waals surface area contributed by atoms with E-state index in [-0.39, 0.29) is 0 Å². The van der Waals surface area contributed by atoms with Crippen molar-refractivity contribution in [2.75, 3.05) is 40.3 Å². The molecule has 0 bridgehead atoms. The second-order valence-electron chi connectivity index (χ2n) is 4.54. The Morgan fingerprint density at radius 1 is 1.13 bits per heavy atom. The summed E-state index contributed by atoms with van der Waals surface area (Å²) in [5, 5.41) is 28.3. The van der Waals surface area contributed by atoms with Gasteiger partial charge in [0.15, 0.2) is 0 Å². The van der Waals surface area contributed by atoms with E-state index in [2.05, 4.69) is 4.90 Å². The van der Waals surface area contributed by atoms with Gasteiger partial charge in [-0.05, 0) is 33.6 Å². The van der Waals surface area contributed by atoms with Crippen LogP contribution in [0, 0.1) is 0 Å². The maximum absolute atomic E-state index is 9.46. The number of nitrogens with zero attached hydrogens (tertiary/aromatic N) is 2. The van der Waals surface area contributed by atoms with Crippen molar-refractivity contribution in [2.45, 2.75) is 24.7 Å². The lowest BCUT2D eigenvalue weighted by molar-refractivity contribution is -0.109. The fourth-order valence-electron chi connectivity index (χ4n) is 1.87. The average Bonchev–Trinajstić information content (AvgIpc) is 2.13. The van der Waals surface area contributed by atoms with Crippen molar-refractivity contribution in [2.24, 2.45) is 0 Å². The summed E-state index contributed by atoms with van der Waals surface area (Å²) in [5.41, 5.74) is 0. The number of rotatable bonds is 4. The van der Waals surface area contributed by atoms with E-state index >= 15 is 0 Å². The first kappa shape index (κ1) is 12.9. The zero-order valence-corrected chi connectivity index (χ0v) is 9.50. The van der Waals surface area contributed by atoms with Crippen LogP contribution in [0.1, 0.15) is 6.42 Å². The van der Waals surface area contributed by atoms with Gasteiger partial charge in [0, 0.05) is 13.1 Å². The second kappa shape index (κ2) is 5.77. The topological polar surface area (TPSA) is 67.2 Å². The van der Waals surface area contributed by atoms with Gasteiger partial charge in [-0.1, -0.05) is 0 Å². The predicted octanol–water partition coefficient (Wildman–Crippen LogP) is -1.66. The van der Waals surface area contributed by atoms with Crippen LogP contribution < -0.4 is 0 Å². The second-order valence-corrected chi connectivity index (χ2v) is 4.54. The Bertz CT molecular complexity index is 178. The van der Waals surface area contributed by atoms with Crippen LogP contribution in [0.25, 0.3) is 0 Å². The molecule has 1 fully saturated rings. The molecule has 1 saturated heterocycles. The molecule has 0 aromatic carbocycles. The predicted molar refractivity (Wildman–Crippen MR) is 57.6 cm³/mol. The third-order valence-corrected chi connectivity index (χ3v) is 2.76. The molecule has 0 aromatic heterocycles. The summed E-state index contributed by atoms with van der Waals surface area (Å²) in [6, 6.07) is 0. The van der Waals surface area contributed by atoms with Crippen LogP contribution in [0.2, 0.25) is 0 Å². The van der Waals surface area contributed by atoms with E-state index in [1.807, 2.05) is 19.0 Å². The summed E-state index contributed by atoms with van der Waals surface area (Å²) in [4.78, 5) is 4.09. The molecule has 5 nitrogen and oxygen atoms in total. The van der Waals surface area contributed by atoms with E-state index in [0.29, 0.717) is 13.1 Å². The van der Waals surface area contributed by atoms with Crippen LogP contribution in [0.5, 0.6) is 0 Å². The van der Waals surface area contributed by atoms with Gasteiger partial charge < -0.3 is 20.2 Å². The highest BCUT2D eigenvalue weighted by Crippen LogP contribution is 2.11. The van der Waals surface area contributed by atoms with Crippen molar-refractivity contribution in [3.63, 3.8) is 0 Å². The molecule has 15 heavy (non-hydrogen) atoms. The van der Waals surface area contributed by atoms with Crippen molar-refractivity contribution in [1.82, 2.24) is 9.80 Å². The lowest BCUT2D eigenvalue weighted by Crippen LogP contribution is -2.55. The number of likely N-dealkylation sites (tertiary alicyclic amines) is 1. The third-order valence-electron chi connectivity index (χ3n) is 2.76. The van der Waals surface area contributed by atoms with Crippen molar-refractivity contribution in [3.05, 3.63) is 0 Å². The van der Waals surface area contributed by atoms with Gasteiger partial charge in [-0.25, -0.2) is 0 Å². The Morgan fingerprint density at radius 3 is 2.13 bits per heavy atom. The Labute approximate surface area is 90.9 Å². The molecule has 2 atom stereocenters. The van der Waals surface area contributed by atoms with Crippen LogP contribution in [0.4, 0.5) is 0 Å². The molecule has 1 aliphatic heterocycles. The van der Waals surface area contributed by atoms with Crippen LogP contribution in [0.3, 0.4) is 0 Å². The highest BCUT2D eigenvalue weighted by molar-refractivity contribution is 4.86. The van der Waals surface area contributed by atoms with Crippen LogP contribution in [0.15, 0.2) is 0 Å². The Hall–Kier alpha value is -0.200. The molecule has 3 N–H and O–H groups in total. The third kappa shape index (κ3) is 4.04. The maximum atomic E-state index is 9.46. The lowest BCUT2D eigenvalue weighted by atomic mass is 10.0. The molecule has 0 aromatic rings. The SMILES string of the molecule is CN(C)CCCN1C[C@@H](O)C(O)[C@H](O)C1. The van der Waals surface area contributed by atoms with Crippen molar-refractivity contribution < 1.29 is 15.3 Å². The quantitative estimate of drug-likeness (QED) is 0.527. The monoisotopic (exact) mass is 218 g/mol. The minimum absolute atomic E-state index is 0.450. The van der Waals surface area contributed by atoms with Crippen molar-refractivity contribution in [3.8, 4) is 0 Å². The van der Waals surface area contributed by atoms with Gasteiger partial charge in [0.25, 0.3) is 0 Å². The number of piperidine rings is 1. The largest absolute Gasteiger partial charge is 0.389 e. The van der Waals surface area contributed by atoms with Gasteiger partial charge in [0.1, 0.15) is 6.10 Å². The number of hydrogen-bond donors (Lipinski definition) is 3. The molecule has 1 rings (SSSR count). The van der Waals surface area contributed by atoms with Crippen molar-refractivity contribution >= 4 is 0 Å². The molecule has 1 aliphatic rings. The van der Waals surface area contributed by atoms with Crippen LogP contribution in [-0.4, -0.2) is 83.7 Å². The Balaban J connectivity index is 2.26. The summed E-state index contributed by atoms with van der Waals surface area (Å²) in [6.45, 7) is 2.74. The molecular weight excluding hydrogens is 196 g/mol. The Morgan fingerprint density at radius 2 is 1.67 bits per heavy atom. The average molecular weight is 218 g/mol. The summed E-state index contributed by atoms with van der Waals surface area (Å²) < 4.78 is 0. The summed E-state index contributed by atoms with van der Waals surface area (Å²) in [7, 11) is 4.04. The van der Waals surface area contributed by atoms with Crippen LogP contribution in [-0.2, 0) is 0 Å². The maximum Gasteiger partial charge on any atom is 0.108 e. The minimum atomic E-state index is -0.991. The molecule has 5 heteroatoms. The van der Waals surface area contributed by atoms with Gasteiger partial charge in [0.2, 0.25) is 0 Å². The molecule has 0 amide bonds.